The molecule has 0 amide bonds. The summed E-state index contributed by atoms with van der Waals surface area (Å²) in [7, 11) is 0. The maximum Gasteiger partial charge on any atom is 0.335 e. The van der Waals surface area contributed by atoms with E-state index in [4.69, 9.17) is 9.52 Å². The van der Waals surface area contributed by atoms with Gasteiger partial charge in [0, 0.05) is 4.90 Å². The molecule has 1 aromatic heterocycles. The smallest absolute Gasteiger partial charge is 0.335 e. The fourth-order valence-electron chi connectivity index (χ4n) is 1.83. The lowest BCUT2D eigenvalue weighted by molar-refractivity contribution is 0.0697. The highest BCUT2D eigenvalue weighted by atomic mass is 32.2. The minimum Gasteiger partial charge on any atom is -0.478 e. The first-order chi connectivity index (χ1) is 9.72. The van der Waals surface area contributed by atoms with Crippen molar-refractivity contribution in [2.75, 3.05) is 0 Å². The predicted octanol–water partition coefficient (Wildman–Crippen LogP) is 3.82. The number of hydrogen-bond acceptors (Lipinski definition) is 4. The van der Waals surface area contributed by atoms with Gasteiger partial charge in [0.1, 0.15) is 5.52 Å². The van der Waals surface area contributed by atoms with Gasteiger partial charge in [-0.2, -0.15) is 0 Å². The van der Waals surface area contributed by atoms with Gasteiger partial charge in [0.05, 0.1) is 11.3 Å². The van der Waals surface area contributed by atoms with Crippen molar-refractivity contribution in [2.24, 2.45) is 0 Å². The standard InChI is InChI=1S/C15H11NO3S/c17-15(18)10-6-7-12-13(8-10)19-14(16-12)9-20-11-4-2-1-3-5-11/h1-8H,9H2,(H,17,18). The summed E-state index contributed by atoms with van der Waals surface area (Å²) in [6.45, 7) is 0. The SMILES string of the molecule is O=C(O)c1ccc2nc(CSc3ccccc3)oc2c1. The van der Waals surface area contributed by atoms with Gasteiger partial charge in [-0.05, 0) is 30.3 Å². The lowest BCUT2D eigenvalue weighted by Crippen LogP contribution is -1.94. The molecule has 100 valence electrons. The molecule has 0 aliphatic heterocycles. The van der Waals surface area contributed by atoms with Crippen LogP contribution in [0.3, 0.4) is 0 Å². The molecule has 0 aliphatic carbocycles. The highest BCUT2D eigenvalue weighted by Crippen LogP contribution is 2.24. The van der Waals surface area contributed by atoms with E-state index in [1.165, 1.54) is 12.1 Å². The van der Waals surface area contributed by atoms with E-state index in [0.717, 1.165) is 4.90 Å². The Bertz CT molecular complexity index is 752. The molecule has 0 radical (unpaired) electrons. The molecule has 0 atom stereocenters. The summed E-state index contributed by atoms with van der Waals surface area (Å²) in [5, 5.41) is 8.94. The Kier molecular flexibility index (Phi) is 3.43. The number of aromatic nitrogens is 1. The van der Waals surface area contributed by atoms with Gasteiger partial charge in [0.15, 0.2) is 5.58 Å². The molecular weight excluding hydrogens is 274 g/mol. The lowest BCUT2D eigenvalue weighted by Gasteiger charge is -1.96. The first-order valence-corrected chi connectivity index (χ1v) is 7.01. The summed E-state index contributed by atoms with van der Waals surface area (Å²) in [4.78, 5) is 16.4. The zero-order chi connectivity index (χ0) is 13.9. The molecule has 1 heterocycles. The molecule has 1 N–H and O–H groups in total. The van der Waals surface area contributed by atoms with E-state index < -0.39 is 5.97 Å². The second-order valence-electron chi connectivity index (χ2n) is 4.20. The van der Waals surface area contributed by atoms with Crippen molar-refractivity contribution < 1.29 is 14.3 Å². The van der Waals surface area contributed by atoms with Gasteiger partial charge in [-0.1, -0.05) is 18.2 Å². The van der Waals surface area contributed by atoms with Crippen molar-refractivity contribution in [2.45, 2.75) is 10.6 Å². The zero-order valence-corrected chi connectivity index (χ0v) is 11.3. The van der Waals surface area contributed by atoms with E-state index in [-0.39, 0.29) is 5.56 Å². The Morgan fingerprint density at radius 2 is 2.00 bits per heavy atom. The summed E-state index contributed by atoms with van der Waals surface area (Å²) in [5.74, 6) is 0.237. The predicted molar refractivity (Wildman–Crippen MR) is 77.0 cm³/mol. The van der Waals surface area contributed by atoms with Gasteiger partial charge >= 0.3 is 5.97 Å². The molecule has 20 heavy (non-hydrogen) atoms. The first kappa shape index (κ1) is 12.7. The third kappa shape index (κ3) is 2.67. The van der Waals surface area contributed by atoms with Gasteiger partial charge in [-0.3, -0.25) is 0 Å². The first-order valence-electron chi connectivity index (χ1n) is 6.03. The summed E-state index contributed by atoms with van der Waals surface area (Å²) in [5.41, 5.74) is 1.39. The highest BCUT2D eigenvalue weighted by molar-refractivity contribution is 7.98. The maximum absolute atomic E-state index is 10.9. The van der Waals surface area contributed by atoms with Crippen molar-refractivity contribution in [3.05, 3.63) is 60.0 Å². The Hall–Kier alpha value is -2.27. The number of nitrogens with zero attached hydrogens (tertiary/aromatic N) is 1. The highest BCUT2D eigenvalue weighted by Gasteiger charge is 2.09. The molecule has 0 saturated carbocycles. The van der Waals surface area contributed by atoms with E-state index in [2.05, 4.69) is 4.98 Å². The van der Waals surface area contributed by atoms with Crippen LogP contribution in [0.25, 0.3) is 11.1 Å². The number of benzene rings is 2. The maximum atomic E-state index is 10.9. The summed E-state index contributed by atoms with van der Waals surface area (Å²) in [6, 6.07) is 14.7. The van der Waals surface area contributed by atoms with Crippen molar-refractivity contribution >= 4 is 28.8 Å². The third-order valence-corrected chi connectivity index (χ3v) is 3.78. The summed E-state index contributed by atoms with van der Waals surface area (Å²) in [6.07, 6.45) is 0. The Balaban J connectivity index is 1.80. The van der Waals surface area contributed by atoms with E-state index >= 15 is 0 Å². The van der Waals surface area contributed by atoms with Gasteiger partial charge in [-0.15, -0.1) is 11.8 Å². The summed E-state index contributed by atoms with van der Waals surface area (Å²) >= 11 is 1.63. The molecule has 0 saturated heterocycles. The fourth-order valence-corrected chi connectivity index (χ4v) is 2.59. The Labute approximate surface area is 119 Å². The van der Waals surface area contributed by atoms with E-state index in [0.29, 0.717) is 22.7 Å². The average molecular weight is 285 g/mol. The largest absolute Gasteiger partial charge is 0.478 e. The molecule has 3 aromatic rings. The number of hydrogen-bond donors (Lipinski definition) is 1. The van der Waals surface area contributed by atoms with Crippen LogP contribution in [0.4, 0.5) is 0 Å². The quantitative estimate of drug-likeness (QED) is 0.738. The van der Waals surface area contributed by atoms with Crippen molar-refractivity contribution in [1.82, 2.24) is 4.98 Å². The fraction of sp³-hybridized carbons (Fsp3) is 0.0667. The van der Waals surface area contributed by atoms with Crippen LogP contribution in [0.5, 0.6) is 0 Å². The molecular formula is C15H11NO3S. The minimum atomic E-state index is -0.969. The normalized spacial score (nSPS) is 10.8. The number of carboxylic acids is 1. The number of carboxylic acid groups (broad SMARTS) is 1. The molecule has 0 fully saturated rings. The minimum absolute atomic E-state index is 0.205. The second-order valence-corrected chi connectivity index (χ2v) is 5.25. The molecule has 0 unspecified atom stereocenters. The van der Waals surface area contributed by atoms with Crippen LogP contribution < -0.4 is 0 Å². The van der Waals surface area contributed by atoms with E-state index in [1.807, 2.05) is 30.3 Å². The second kappa shape index (κ2) is 5.38. The van der Waals surface area contributed by atoms with Gasteiger partial charge in [-0.25, -0.2) is 9.78 Å². The van der Waals surface area contributed by atoms with Crippen molar-refractivity contribution in [3.8, 4) is 0 Å². The number of oxazole rings is 1. The number of rotatable bonds is 4. The number of fused-ring (bicyclic) bond motifs is 1. The lowest BCUT2D eigenvalue weighted by atomic mass is 10.2. The van der Waals surface area contributed by atoms with Crippen LogP contribution >= 0.6 is 11.8 Å². The third-order valence-electron chi connectivity index (χ3n) is 2.79. The molecule has 0 bridgehead atoms. The van der Waals surface area contributed by atoms with Crippen LogP contribution in [0.1, 0.15) is 16.2 Å². The Morgan fingerprint density at radius 3 is 2.75 bits per heavy atom. The van der Waals surface area contributed by atoms with Crippen LogP contribution in [0.2, 0.25) is 0 Å². The Morgan fingerprint density at radius 1 is 1.20 bits per heavy atom. The van der Waals surface area contributed by atoms with Crippen LogP contribution in [-0.2, 0) is 5.75 Å². The number of aromatic carboxylic acids is 1. The molecule has 3 rings (SSSR count). The molecule has 2 aromatic carbocycles. The average Bonchev–Trinajstić information content (AvgIpc) is 2.88. The molecule has 5 heteroatoms. The number of carbonyl (C=O) groups is 1. The van der Waals surface area contributed by atoms with E-state index in [9.17, 15) is 4.79 Å². The number of thioether (sulfide) groups is 1. The van der Waals surface area contributed by atoms with Gasteiger partial charge < -0.3 is 9.52 Å². The monoisotopic (exact) mass is 285 g/mol. The molecule has 0 aliphatic rings. The van der Waals surface area contributed by atoms with E-state index in [1.54, 1.807) is 17.8 Å². The topological polar surface area (TPSA) is 63.3 Å². The summed E-state index contributed by atoms with van der Waals surface area (Å²) < 4.78 is 5.59. The van der Waals surface area contributed by atoms with Crippen molar-refractivity contribution in [1.29, 1.82) is 0 Å². The van der Waals surface area contributed by atoms with Crippen LogP contribution in [0, 0.1) is 0 Å². The van der Waals surface area contributed by atoms with Crippen molar-refractivity contribution in [3.63, 3.8) is 0 Å². The molecule has 0 spiro atoms. The molecule has 4 nitrogen and oxygen atoms in total. The van der Waals surface area contributed by atoms with Crippen LogP contribution in [-0.4, -0.2) is 16.1 Å². The zero-order valence-electron chi connectivity index (χ0n) is 10.4. The van der Waals surface area contributed by atoms with Gasteiger partial charge in [0.25, 0.3) is 0 Å². The van der Waals surface area contributed by atoms with Gasteiger partial charge in [0.2, 0.25) is 5.89 Å². The van der Waals surface area contributed by atoms with Crippen LogP contribution in [0.15, 0.2) is 57.8 Å².